The van der Waals surface area contributed by atoms with Crippen LogP contribution in [0.15, 0.2) is 80.5 Å². The molecule has 2 fully saturated rings. The van der Waals surface area contributed by atoms with E-state index in [4.69, 9.17) is 14.6 Å². The number of aryl methyl sites for hydroxylation is 1. The van der Waals surface area contributed by atoms with Crippen LogP contribution >= 0.6 is 0 Å². The maximum Gasteiger partial charge on any atom is 0.339 e. The number of urea groups is 2. The molecule has 22 heteroatoms. The smallest absolute Gasteiger partial charge is 0.339 e. The summed E-state index contributed by atoms with van der Waals surface area (Å²) in [5.74, 6) is -1.19. The van der Waals surface area contributed by atoms with Gasteiger partial charge in [0.2, 0.25) is 0 Å². The Morgan fingerprint density at radius 2 is 1.59 bits per heavy atom. The van der Waals surface area contributed by atoms with Gasteiger partial charge in [-0.2, -0.15) is 0 Å². The topological polar surface area (TPSA) is 269 Å². The van der Waals surface area contributed by atoms with Gasteiger partial charge >= 0.3 is 29.7 Å². The Kier molecular flexibility index (Phi) is 17.2. The summed E-state index contributed by atoms with van der Waals surface area (Å²) in [5, 5.41) is 14.2. The summed E-state index contributed by atoms with van der Waals surface area (Å²) in [4.78, 5) is 87.2. The maximum atomic E-state index is 12.5. The quantitative estimate of drug-likeness (QED) is 0.124. The highest BCUT2D eigenvalue weighted by molar-refractivity contribution is 7.90. The van der Waals surface area contributed by atoms with E-state index >= 15 is 0 Å². The van der Waals surface area contributed by atoms with Crippen LogP contribution < -0.4 is 31.3 Å². The number of carbonyl (C=O) groups is 5. The van der Waals surface area contributed by atoms with Gasteiger partial charge in [0.1, 0.15) is 11.3 Å². The van der Waals surface area contributed by atoms with Crippen LogP contribution in [0.5, 0.6) is 5.75 Å². The molecular weight excluding hydrogens is 881 g/mol. The van der Waals surface area contributed by atoms with E-state index in [2.05, 4.69) is 32.0 Å². The number of ether oxygens (including phenoxy) is 3. The monoisotopic (exact) mass is 936 g/mol. The Bertz CT molecular complexity index is 2690. The number of imide groups is 1. The number of esters is 1. The van der Waals surface area contributed by atoms with Gasteiger partial charge in [0.15, 0.2) is 17.5 Å². The summed E-state index contributed by atoms with van der Waals surface area (Å²) >= 11 is 0. The Hall–Kier alpha value is -6.65. The molecule has 2 aromatic carbocycles. The Morgan fingerprint density at radius 3 is 2.20 bits per heavy atom. The lowest BCUT2D eigenvalue weighted by atomic mass is 9.87. The SMILES string of the molecule is CC(=O)Oc1ccccc1C(=O)O.CCC1=C(C)CN(C(=O)NCCc2ccc(S(=O)(=O)NC(=O)NC3CCC(C)CC3)cc2)C1=O.Cn1c(=O)c2c(ncn2CC2OCCO2)n(C)c1=O. The van der Waals surface area contributed by atoms with Crippen molar-refractivity contribution in [2.24, 2.45) is 20.0 Å². The van der Waals surface area contributed by atoms with Crippen molar-refractivity contribution in [3.8, 4) is 5.75 Å². The minimum Gasteiger partial charge on any atom is -0.478 e. The third kappa shape index (κ3) is 12.8. The number of rotatable bonds is 11. The normalized spacial score (nSPS) is 17.4. The fraction of sp³-hybridized carbons (Fsp3) is 0.455. The Morgan fingerprint density at radius 1 is 0.939 bits per heavy atom. The van der Waals surface area contributed by atoms with Gasteiger partial charge in [-0.1, -0.05) is 38.1 Å². The number of amides is 5. The summed E-state index contributed by atoms with van der Waals surface area (Å²) in [6, 6.07) is 11.0. The Balaban J connectivity index is 0.000000212. The van der Waals surface area contributed by atoms with Gasteiger partial charge < -0.3 is 34.5 Å². The lowest BCUT2D eigenvalue weighted by Crippen LogP contribution is -2.45. The van der Waals surface area contributed by atoms with Gasteiger partial charge in [0.25, 0.3) is 21.5 Å². The third-order valence-corrected chi connectivity index (χ3v) is 12.5. The van der Waals surface area contributed by atoms with E-state index in [0.29, 0.717) is 68.3 Å². The molecule has 0 radical (unpaired) electrons. The van der Waals surface area contributed by atoms with Crippen molar-refractivity contribution >= 4 is 51.1 Å². The van der Waals surface area contributed by atoms with E-state index in [1.165, 1.54) is 54.0 Å². The molecule has 0 bridgehead atoms. The fourth-order valence-corrected chi connectivity index (χ4v) is 8.42. The molecule has 21 nitrogen and oxygen atoms in total. The maximum absolute atomic E-state index is 12.5. The molecule has 1 saturated carbocycles. The van der Waals surface area contributed by atoms with Crippen molar-refractivity contribution in [1.29, 1.82) is 0 Å². The van der Waals surface area contributed by atoms with E-state index in [-0.39, 0.29) is 40.0 Å². The lowest BCUT2D eigenvalue weighted by Gasteiger charge is -2.26. The van der Waals surface area contributed by atoms with Crippen molar-refractivity contribution in [1.82, 2.24) is 38.9 Å². The number of hydrogen-bond acceptors (Lipinski definition) is 13. The number of carboxylic acid groups (broad SMARTS) is 1. The van der Waals surface area contributed by atoms with E-state index < -0.39 is 39.7 Å². The Labute approximate surface area is 380 Å². The van der Waals surface area contributed by atoms with Crippen molar-refractivity contribution in [3.05, 3.63) is 98.0 Å². The van der Waals surface area contributed by atoms with E-state index in [1.54, 1.807) is 35.9 Å². The second-order valence-electron chi connectivity index (χ2n) is 16.0. The second kappa shape index (κ2) is 22.5. The van der Waals surface area contributed by atoms with Gasteiger partial charge in [-0.15, -0.1) is 0 Å². The zero-order valence-corrected chi connectivity index (χ0v) is 38.5. The predicted molar refractivity (Wildman–Crippen MR) is 239 cm³/mol. The standard InChI is InChI=1S/C24H34N4O5S.C11H14N4O4.C9H8O4/c1-4-21-17(3)15-28(22(21)29)24(31)25-14-13-18-7-11-20(12-8-18)34(32,33)27-23(30)26-19-9-5-16(2)6-10-19;1-13-9-8(10(16)14(2)11(13)17)15(6-12-9)5-7-18-3-4-19-7;1-6(10)13-8-5-3-2-4-7(8)9(11)12/h7-8,11-12,16,19H,4-6,9-10,13-15H2,1-3H3,(H,25,31)(H2,26,27,30);6-7H,3-5H2,1-2H3;2-5H,1H3,(H,11,12). The van der Waals surface area contributed by atoms with Gasteiger partial charge in [-0.3, -0.25) is 28.4 Å². The van der Waals surface area contributed by atoms with Crippen molar-refractivity contribution < 1.29 is 51.7 Å². The molecule has 4 N–H and O–H groups in total. The number of carbonyl (C=O) groups excluding carboxylic acids is 4. The molecule has 3 aliphatic rings. The van der Waals surface area contributed by atoms with Crippen LogP contribution in [-0.4, -0.2) is 106 Å². The first kappa shape index (κ1) is 50.4. The second-order valence-corrected chi connectivity index (χ2v) is 17.7. The molecule has 0 unspecified atom stereocenters. The number of sulfonamides is 1. The third-order valence-electron chi connectivity index (χ3n) is 11.1. The number of nitrogens with zero attached hydrogens (tertiary/aromatic N) is 5. The minimum absolute atomic E-state index is 0.00639. The average molecular weight is 937 g/mol. The summed E-state index contributed by atoms with van der Waals surface area (Å²) in [7, 11) is -0.947. The van der Waals surface area contributed by atoms with Crippen LogP contribution in [0.25, 0.3) is 11.2 Å². The molecule has 66 heavy (non-hydrogen) atoms. The zero-order chi connectivity index (χ0) is 48.3. The molecule has 7 rings (SSSR count). The van der Waals surface area contributed by atoms with Crippen LogP contribution in [0, 0.1) is 5.92 Å². The first-order chi connectivity index (χ1) is 31.3. The van der Waals surface area contributed by atoms with E-state index in [9.17, 15) is 42.0 Å². The molecule has 0 atom stereocenters. The van der Waals surface area contributed by atoms with E-state index in [0.717, 1.165) is 41.4 Å². The highest BCUT2D eigenvalue weighted by Crippen LogP contribution is 2.24. The van der Waals surface area contributed by atoms with Gasteiger partial charge in [-0.05, 0) is 86.8 Å². The first-order valence-corrected chi connectivity index (χ1v) is 22.8. The molecule has 0 spiro atoms. The van der Waals surface area contributed by atoms with Crippen LogP contribution in [0.1, 0.15) is 75.7 Å². The largest absolute Gasteiger partial charge is 0.478 e. The number of benzene rings is 2. The van der Waals surface area contributed by atoms with Gasteiger partial charge in [0.05, 0.1) is 37.5 Å². The average Bonchev–Trinajstić information content (AvgIpc) is 4.02. The van der Waals surface area contributed by atoms with Crippen molar-refractivity contribution in [2.45, 2.75) is 90.0 Å². The number of imidazole rings is 1. The molecular formula is C44H56N8O13S. The molecule has 5 amide bonds. The highest BCUT2D eigenvalue weighted by Gasteiger charge is 2.31. The van der Waals surface area contributed by atoms with Crippen LogP contribution in [0.2, 0.25) is 0 Å². The number of carboxylic acids is 1. The molecule has 2 aromatic heterocycles. The molecule has 4 heterocycles. The molecule has 1 aliphatic carbocycles. The zero-order valence-electron chi connectivity index (χ0n) is 37.7. The van der Waals surface area contributed by atoms with Crippen LogP contribution in [0.4, 0.5) is 9.59 Å². The predicted octanol–water partition coefficient (Wildman–Crippen LogP) is 3.19. The van der Waals surface area contributed by atoms with Gasteiger partial charge in [0, 0.05) is 39.2 Å². The van der Waals surface area contributed by atoms with Crippen LogP contribution in [-0.2, 0) is 56.1 Å². The molecule has 356 valence electrons. The summed E-state index contributed by atoms with van der Waals surface area (Å²) < 4.78 is 46.6. The molecule has 1 saturated heterocycles. The summed E-state index contributed by atoms with van der Waals surface area (Å²) in [6.07, 6.45) is 5.95. The molecule has 4 aromatic rings. The number of aromatic carboxylic acids is 1. The van der Waals surface area contributed by atoms with Crippen molar-refractivity contribution in [2.75, 3.05) is 26.3 Å². The summed E-state index contributed by atoms with van der Waals surface area (Å²) in [6.45, 7) is 9.23. The number of fused-ring (bicyclic) bond motifs is 1. The minimum atomic E-state index is -3.98. The lowest BCUT2D eigenvalue weighted by molar-refractivity contribution is -0.132. The highest BCUT2D eigenvalue weighted by atomic mass is 32.2. The first-order valence-electron chi connectivity index (χ1n) is 21.4. The van der Waals surface area contributed by atoms with Gasteiger partial charge in [-0.25, -0.2) is 37.3 Å². The van der Waals surface area contributed by atoms with Crippen LogP contribution in [0.3, 0.4) is 0 Å². The fourth-order valence-electron chi connectivity index (χ4n) is 7.51. The number of hydrogen-bond donors (Lipinski definition) is 4. The van der Waals surface area contributed by atoms with Crippen molar-refractivity contribution in [3.63, 3.8) is 0 Å². The number of para-hydroxylation sites is 1. The summed E-state index contributed by atoms with van der Waals surface area (Å²) in [5.41, 5.74) is 2.38. The number of aromatic nitrogens is 4. The van der Waals surface area contributed by atoms with E-state index in [1.807, 2.05) is 13.8 Å². The molecule has 2 aliphatic heterocycles. The number of nitrogens with one attached hydrogen (secondary N) is 3.